The number of ketones is 1. The van der Waals surface area contributed by atoms with Crippen molar-refractivity contribution in [3.05, 3.63) is 12.7 Å². The second-order valence-corrected chi connectivity index (χ2v) is 3.28. The van der Waals surface area contributed by atoms with Crippen molar-refractivity contribution in [3.8, 4) is 0 Å². The van der Waals surface area contributed by atoms with Gasteiger partial charge in [0.05, 0.1) is 6.10 Å². The topological polar surface area (TPSA) is 26.3 Å². The number of rotatable bonds is 3. The van der Waals surface area contributed by atoms with Gasteiger partial charge in [-0.25, -0.2) is 0 Å². The molecule has 2 heteroatoms. The Kier molecular flexibility index (Phi) is 3.48. The summed E-state index contributed by atoms with van der Waals surface area (Å²) in [5, 5.41) is 0. The van der Waals surface area contributed by atoms with Gasteiger partial charge < -0.3 is 4.74 Å². The summed E-state index contributed by atoms with van der Waals surface area (Å²) < 4.78 is 5.49. The van der Waals surface area contributed by atoms with E-state index < -0.39 is 0 Å². The molecule has 0 aromatic carbocycles. The van der Waals surface area contributed by atoms with E-state index in [1.165, 1.54) is 0 Å². The summed E-state index contributed by atoms with van der Waals surface area (Å²) in [4.78, 5) is 11.3. The quantitative estimate of drug-likeness (QED) is 0.603. The van der Waals surface area contributed by atoms with Crippen LogP contribution < -0.4 is 0 Å². The number of Topliss-reactive ketones (excluding diaryl/α,β-unsaturated/α-hetero) is 1. The summed E-state index contributed by atoms with van der Waals surface area (Å²) in [5.74, 6) is 0.259. The molecule has 0 radical (unpaired) electrons. The molecule has 2 atom stereocenters. The van der Waals surface area contributed by atoms with Gasteiger partial charge in [-0.2, -0.15) is 0 Å². The molecule has 0 saturated heterocycles. The van der Waals surface area contributed by atoms with Crippen LogP contribution in [0.15, 0.2) is 12.7 Å². The van der Waals surface area contributed by atoms with E-state index in [4.69, 9.17) is 4.74 Å². The van der Waals surface area contributed by atoms with Gasteiger partial charge in [0.1, 0.15) is 6.10 Å². The molecule has 0 amide bonds. The molecule has 1 rings (SSSR count). The van der Waals surface area contributed by atoms with Gasteiger partial charge in [0.15, 0.2) is 5.78 Å². The van der Waals surface area contributed by atoms with E-state index in [1.54, 1.807) is 6.08 Å². The molecule has 0 N–H and O–H groups in total. The molecule has 0 bridgehead atoms. The van der Waals surface area contributed by atoms with Crippen LogP contribution >= 0.6 is 0 Å². The van der Waals surface area contributed by atoms with Crippen molar-refractivity contribution in [2.75, 3.05) is 0 Å². The third-order valence-electron chi connectivity index (χ3n) is 2.21. The van der Waals surface area contributed by atoms with Crippen molar-refractivity contribution in [3.63, 3.8) is 0 Å². The molecular weight excluding hydrogens is 152 g/mol. The minimum Gasteiger partial charge on any atom is -0.363 e. The zero-order valence-corrected chi connectivity index (χ0v) is 7.58. The van der Waals surface area contributed by atoms with Crippen LogP contribution in [0.1, 0.15) is 32.6 Å². The summed E-state index contributed by atoms with van der Waals surface area (Å²) in [6.07, 6.45) is 5.28. The summed E-state index contributed by atoms with van der Waals surface area (Å²) in [5.41, 5.74) is 0. The molecule has 12 heavy (non-hydrogen) atoms. The number of hydrogen-bond acceptors (Lipinski definition) is 2. The maximum Gasteiger partial charge on any atom is 0.161 e. The zero-order chi connectivity index (χ0) is 8.97. The molecule has 0 spiro atoms. The van der Waals surface area contributed by atoms with Crippen LogP contribution in [0.2, 0.25) is 0 Å². The van der Waals surface area contributed by atoms with Gasteiger partial charge in [0.2, 0.25) is 0 Å². The van der Waals surface area contributed by atoms with E-state index in [1.807, 2.05) is 6.92 Å². The maximum atomic E-state index is 11.3. The lowest BCUT2D eigenvalue weighted by atomic mass is 9.96. The number of carbonyl (C=O) groups is 1. The first-order valence-electron chi connectivity index (χ1n) is 4.54. The Morgan fingerprint density at radius 2 is 2.42 bits per heavy atom. The van der Waals surface area contributed by atoms with Gasteiger partial charge >= 0.3 is 0 Å². The largest absolute Gasteiger partial charge is 0.363 e. The van der Waals surface area contributed by atoms with E-state index in [2.05, 4.69) is 6.58 Å². The van der Waals surface area contributed by atoms with Crippen molar-refractivity contribution < 1.29 is 9.53 Å². The highest BCUT2D eigenvalue weighted by Gasteiger charge is 2.23. The Hall–Kier alpha value is -0.630. The Balaban J connectivity index is 2.38. The summed E-state index contributed by atoms with van der Waals surface area (Å²) in [6.45, 7) is 5.53. The first kappa shape index (κ1) is 9.46. The number of hydrogen-bond donors (Lipinski definition) is 0. The minimum atomic E-state index is -0.160. The van der Waals surface area contributed by atoms with E-state index in [0.717, 1.165) is 19.3 Å². The van der Waals surface area contributed by atoms with Crippen molar-refractivity contribution in [1.82, 2.24) is 0 Å². The van der Waals surface area contributed by atoms with Gasteiger partial charge in [-0.15, -0.1) is 6.58 Å². The van der Waals surface area contributed by atoms with Crippen LogP contribution in [0.3, 0.4) is 0 Å². The smallest absolute Gasteiger partial charge is 0.161 e. The molecule has 1 aliphatic carbocycles. The molecule has 0 aliphatic heterocycles. The van der Waals surface area contributed by atoms with Crippen LogP contribution in [-0.4, -0.2) is 18.0 Å². The van der Waals surface area contributed by atoms with E-state index in [-0.39, 0.29) is 18.0 Å². The molecule has 68 valence electrons. The first-order chi connectivity index (χ1) is 5.74. The van der Waals surface area contributed by atoms with E-state index in [9.17, 15) is 4.79 Å². The van der Waals surface area contributed by atoms with E-state index >= 15 is 0 Å². The van der Waals surface area contributed by atoms with Crippen molar-refractivity contribution >= 4 is 5.78 Å². The van der Waals surface area contributed by atoms with Gasteiger partial charge in [-0.05, 0) is 26.2 Å². The Morgan fingerprint density at radius 1 is 1.67 bits per heavy atom. The lowest BCUT2D eigenvalue weighted by molar-refractivity contribution is -0.135. The van der Waals surface area contributed by atoms with Crippen LogP contribution in [0.25, 0.3) is 0 Å². The van der Waals surface area contributed by atoms with Gasteiger partial charge in [-0.1, -0.05) is 6.08 Å². The first-order valence-corrected chi connectivity index (χ1v) is 4.54. The fourth-order valence-corrected chi connectivity index (χ4v) is 1.41. The fraction of sp³-hybridized carbons (Fsp3) is 0.700. The molecule has 1 saturated carbocycles. The van der Waals surface area contributed by atoms with E-state index in [0.29, 0.717) is 6.42 Å². The summed E-state index contributed by atoms with van der Waals surface area (Å²) in [6, 6.07) is 0. The molecular formula is C10H16O2. The monoisotopic (exact) mass is 168 g/mol. The van der Waals surface area contributed by atoms with Crippen molar-refractivity contribution in [1.29, 1.82) is 0 Å². The highest BCUT2D eigenvalue weighted by atomic mass is 16.5. The summed E-state index contributed by atoms with van der Waals surface area (Å²) in [7, 11) is 0. The fourth-order valence-electron chi connectivity index (χ4n) is 1.41. The average molecular weight is 168 g/mol. The standard InChI is InChI=1S/C10H16O2/c1-3-8(2)12-10-7-5-4-6-9(10)11/h3,8,10H,1,4-7H2,2H3. The molecule has 0 heterocycles. The number of ether oxygens (including phenoxy) is 1. The molecule has 2 nitrogen and oxygen atoms in total. The van der Waals surface area contributed by atoms with Crippen molar-refractivity contribution in [2.45, 2.75) is 44.8 Å². The maximum absolute atomic E-state index is 11.3. The normalized spacial score (nSPS) is 26.8. The highest BCUT2D eigenvalue weighted by molar-refractivity contribution is 5.83. The molecule has 1 aliphatic rings. The predicted octanol–water partition coefficient (Wildman–Crippen LogP) is 2.09. The third-order valence-corrected chi connectivity index (χ3v) is 2.21. The zero-order valence-electron chi connectivity index (χ0n) is 7.58. The highest BCUT2D eigenvalue weighted by Crippen LogP contribution is 2.18. The Bertz CT molecular complexity index is 175. The molecule has 2 unspecified atom stereocenters. The minimum absolute atomic E-state index is 0.00273. The van der Waals surface area contributed by atoms with Crippen LogP contribution in [0, 0.1) is 0 Å². The average Bonchev–Trinajstić information content (AvgIpc) is 2.09. The van der Waals surface area contributed by atoms with Crippen molar-refractivity contribution in [2.24, 2.45) is 0 Å². The third kappa shape index (κ3) is 2.45. The lowest BCUT2D eigenvalue weighted by Crippen LogP contribution is -2.30. The van der Waals surface area contributed by atoms with Gasteiger partial charge in [0, 0.05) is 6.42 Å². The van der Waals surface area contributed by atoms with Crippen LogP contribution in [-0.2, 0) is 9.53 Å². The SMILES string of the molecule is C=CC(C)OC1CCCCC1=O. The predicted molar refractivity (Wildman–Crippen MR) is 48.0 cm³/mol. The molecule has 0 aromatic heterocycles. The lowest BCUT2D eigenvalue weighted by Gasteiger charge is -2.22. The second kappa shape index (κ2) is 4.41. The van der Waals surface area contributed by atoms with Gasteiger partial charge in [-0.3, -0.25) is 4.79 Å². The molecule has 1 fully saturated rings. The summed E-state index contributed by atoms with van der Waals surface area (Å²) >= 11 is 0. The Morgan fingerprint density at radius 3 is 3.00 bits per heavy atom. The van der Waals surface area contributed by atoms with Crippen LogP contribution in [0.4, 0.5) is 0 Å². The van der Waals surface area contributed by atoms with Gasteiger partial charge in [0.25, 0.3) is 0 Å². The Labute approximate surface area is 73.6 Å². The molecule has 0 aromatic rings. The number of carbonyl (C=O) groups excluding carboxylic acids is 1. The second-order valence-electron chi connectivity index (χ2n) is 3.28. The van der Waals surface area contributed by atoms with Crippen LogP contribution in [0.5, 0.6) is 0 Å².